The van der Waals surface area contributed by atoms with Crippen molar-refractivity contribution in [3.05, 3.63) is 34.5 Å². The molecule has 9 nitrogen and oxygen atoms in total. The van der Waals surface area contributed by atoms with Crippen LogP contribution in [0.4, 0.5) is 11.4 Å². The summed E-state index contributed by atoms with van der Waals surface area (Å²) in [6.07, 6.45) is 4.12. The summed E-state index contributed by atoms with van der Waals surface area (Å²) >= 11 is 1.56. The molecule has 2 N–H and O–H groups in total. The molecular weight excluding hydrogens is 406 g/mol. The minimum Gasteiger partial charge on any atom is -0.464 e. The molecule has 1 atom stereocenters. The molecule has 30 heavy (non-hydrogen) atoms. The molecule has 0 aliphatic carbocycles. The van der Waals surface area contributed by atoms with Crippen molar-refractivity contribution in [3.63, 3.8) is 0 Å². The maximum atomic E-state index is 12.8. The van der Waals surface area contributed by atoms with Crippen LogP contribution in [0.2, 0.25) is 0 Å². The number of thiazole rings is 1. The average Bonchev–Trinajstić information content (AvgIpc) is 3.52. The van der Waals surface area contributed by atoms with Crippen molar-refractivity contribution >= 4 is 45.6 Å². The normalized spacial score (nSPS) is 16.0. The summed E-state index contributed by atoms with van der Waals surface area (Å²) in [4.78, 5) is 34.2. The van der Waals surface area contributed by atoms with Crippen molar-refractivity contribution in [1.29, 1.82) is 0 Å². The van der Waals surface area contributed by atoms with Crippen LogP contribution in [0.3, 0.4) is 0 Å². The zero-order valence-corrected chi connectivity index (χ0v) is 17.6. The molecule has 1 amide bonds. The Morgan fingerprint density at radius 2 is 2.27 bits per heavy atom. The predicted octanol–water partition coefficient (Wildman–Crippen LogP) is 2.89. The Bertz CT molecular complexity index is 1060. The number of nitrogens with one attached hydrogen (secondary N) is 2. The van der Waals surface area contributed by atoms with Crippen LogP contribution in [0.1, 0.15) is 28.8 Å². The molecule has 1 aliphatic heterocycles. The quantitative estimate of drug-likeness (QED) is 0.556. The number of aryl methyl sites for hydroxylation is 1. The third-order valence-electron chi connectivity index (χ3n) is 5.07. The van der Waals surface area contributed by atoms with Crippen molar-refractivity contribution in [2.75, 3.05) is 31.0 Å². The predicted molar refractivity (Wildman–Crippen MR) is 114 cm³/mol. The van der Waals surface area contributed by atoms with E-state index < -0.39 is 5.97 Å². The Morgan fingerprint density at radius 3 is 2.93 bits per heavy atom. The van der Waals surface area contributed by atoms with E-state index in [4.69, 9.17) is 9.47 Å². The molecule has 4 rings (SSSR count). The van der Waals surface area contributed by atoms with Gasteiger partial charge < -0.3 is 24.7 Å². The van der Waals surface area contributed by atoms with Crippen molar-refractivity contribution in [2.45, 2.75) is 26.4 Å². The van der Waals surface area contributed by atoms with E-state index in [0.29, 0.717) is 49.4 Å². The molecule has 0 bridgehead atoms. The number of esters is 1. The Labute approximate surface area is 177 Å². The topological polar surface area (TPSA) is 107 Å². The summed E-state index contributed by atoms with van der Waals surface area (Å²) in [5, 5.41) is 9.78. The Morgan fingerprint density at radius 1 is 1.40 bits per heavy atom. The fourth-order valence-corrected chi connectivity index (χ4v) is 4.11. The van der Waals surface area contributed by atoms with Crippen LogP contribution in [-0.2, 0) is 27.4 Å². The van der Waals surface area contributed by atoms with Crippen LogP contribution >= 0.6 is 11.3 Å². The highest BCUT2D eigenvalue weighted by molar-refractivity contribution is 7.09. The van der Waals surface area contributed by atoms with E-state index in [-0.39, 0.29) is 17.5 Å². The minimum atomic E-state index is -0.523. The van der Waals surface area contributed by atoms with Gasteiger partial charge in [0.1, 0.15) is 10.7 Å². The van der Waals surface area contributed by atoms with Gasteiger partial charge in [-0.05, 0) is 19.4 Å². The number of carbonyl (C=O) groups is 2. The van der Waals surface area contributed by atoms with Crippen LogP contribution in [0.25, 0.3) is 11.0 Å². The van der Waals surface area contributed by atoms with Crippen molar-refractivity contribution in [3.8, 4) is 0 Å². The maximum absolute atomic E-state index is 12.8. The number of hydrogen-bond donors (Lipinski definition) is 2. The lowest BCUT2D eigenvalue weighted by Crippen LogP contribution is -2.24. The van der Waals surface area contributed by atoms with Gasteiger partial charge in [0.2, 0.25) is 5.91 Å². The second-order valence-corrected chi connectivity index (χ2v) is 7.86. The molecule has 1 saturated heterocycles. The number of aromatic nitrogens is 3. The summed E-state index contributed by atoms with van der Waals surface area (Å²) in [5.74, 6) is -0.936. The van der Waals surface area contributed by atoms with Crippen molar-refractivity contribution < 1.29 is 19.1 Å². The molecule has 1 fully saturated rings. The van der Waals surface area contributed by atoms with Crippen molar-refractivity contribution in [1.82, 2.24) is 14.5 Å². The monoisotopic (exact) mass is 429 g/mol. The lowest BCUT2D eigenvalue weighted by Gasteiger charge is -2.11. The van der Waals surface area contributed by atoms with E-state index in [1.54, 1.807) is 28.3 Å². The van der Waals surface area contributed by atoms with E-state index in [2.05, 4.69) is 20.6 Å². The number of rotatable bonds is 7. The Balaban J connectivity index is 1.74. The summed E-state index contributed by atoms with van der Waals surface area (Å²) in [5.41, 5.74) is 2.07. The number of pyridine rings is 1. The second kappa shape index (κ2) is 8.80. The third kappa shape index (κ3) is 3.88. The van der Waals surface area contributed by atoms with E-state index in [0.717, 1.165) is 10.7 Å². The molecule has 0 saturated carbocycles. The number of anilines is 2. The number of methoxy groups -OCH3 is 1. The number of hydrogen-bond acceptors (Lipinski definition) is 8. The van der Waals surface area contributed by atoms with Gasteiger partial charge in [0.25, 0.3) is 0 Å². The fourth-order valence-electron chi connectivity index (χ4n) is 3.55. The molecule has 1 unspecified atom stereocenters. The van der Waals surface area contributed by atoms with Gasteiger partial charge in [0.15, 0.2) is 5.69 Å². The molecule has 10 heteroatoms. The molecular formula is C20H23N5O4S. The van der Waals surface area contributed by atoms with Crippen LogP contribution in [0.15, 0.2) is 23.8 Å². The first-order valence-electron chi connectivity index (χ1n) is 9.73. The minimum absolute atomic E-state index is 0.172. The van der Waals surface area contributed by atoms with Gasteiger partial charge in [-0.15, -0.1) is 11.3 Å². The molecule has 3 aromatic rings. The Kier molecular flexibility index (Phi) is 5.96. The van der Waals surface area contributed by atoms with Crippen LogP contribution in [0, 0.1) is 5.92 Å². The van der Waals surface area contributed by atoms with Gasteiger partial charge in [-0.2, -0.15) is 0 Å². The molecule has 0 aromatic carbocycles. The van der Waals surface area contributed by atoms with Gasteiger partial charge >= 0.3 is 5.97 Å². The first-order chi connectivity index (χ1) is 14.6. The van der Waals surface area contributed by atoms with Gasteiger partial charge in [0, 0.05) is 30.1 Å². The molecule has 4 heterocycles. The van der Waals surface area contributed by atoms with Crippen molar-refractivity contribution in [2.24, 2.45) is 5.92 Å². The molecule has 1 aliphatic rings. The number of fused-ring (bicyclic) bond motifs is 1. The van der Waals surface area contributed by atoms with E-state index in [1.165, 1.54) is 7.11 Å². The maximum Gasteiger partial charge on any atom is 0.356 e. The summed E-state index contributed by atoms with van der Waals surface area (Å²) in [6.45, 7) is 3.92. The van der Waals surface area contributed by atoms with E-state index in [1.807, 2.05) is 18.4 Å². The van der Waals surface area contributed by atoms with E-state index in [9.17, 15) is 9.59 Å². The first-order valence-corrected chi connectivity index (χ1v) is 10.6. The smallest absolute Gasteiger partial charge is 0.356 e. The highest BCUT2D eigenvalue weighted by Crippen LogP contribution is 2.33. The molecule has 158 valence electrons. The van der Waals surface area contributed by atoms with Gasteiger partial charge in [-0.25, -0.2) is 14.8 Å². The summed E-state index contributed by atoms with van der Waals surface area (Å²) < 4.78 is 12.1. The number of ether oxygens (including phenoxy) is 2. The highest BCUT2D eigenvalue weighted by atomic mass is 32.1. The zero-order valence-electron chi connectivity index (χ0n) is 16.8. The summed E-state index contributed by atoms with van der Waals surface area (Å²) in [7, 11) is 1.32. The lowest BCUT2D eigenvalue weighted by molar-refractivity contribution is -0.119. The zero-order chi connectivity index (χ0) is 21.1. The lowest BCUT2D eigenvalue weighted by atomic mass is 10.1. The number of carbonyl (C=O) groups excluding carboxylic acids is 2. The second-order valence-electron chi connectivity index (χ2n) is 6.88. The summed E-state index contributed by atoms with van der Waals surface area (Å²) in [6, 6.07) is 1.88. The largest absolute Gasteiger partial charge is 0.464 e. The van der Waals surface area contributed by atoms with Crippen LogP contribution < -0.4 is 10.6 Å². The number of nitrogens with zero attached hydrogens (tertiary/aromatic N) is 3. The third-order valence-corrected chi connectivity index (χ3v) is 5.85. The molecule has 0 radical (unpaired) electrons. The highest BCUT2D eigenvalue weighted by Gasteiger charge is 2.29. The Hall–Kier alpha value is -2.98. The van der Waals surface area contributed by atoms with Gasteiger partial charge in [-0.1, -0.05) is 0 Å². The SMILES string of the molecule is CCn1c(C(=O)OC)c(NC(=O)C2CCOC2)c2cc(NCc3nccs3)cnc21. The van der Waals surface area contributed by atoms with Gasteiger partial charge in [-0.3, -0.25) is 4.79 Å². The number of amides is 1. The van der Waals surface area contributed by atoms with E-state index >= 15 is 0 Å². The standard InChI is InChI=1S/C20H23N5O4S/c1-3-25-17(20(27)28-2)16(24-19(26)12-4-6-29-11-12)14-8-13(9-23-18(14)25)22-10-15-21-5-7-30-15/h5,7-9,12,22H,3-4,6,10-11H2,1-2H3,(H,24,26). The average molecular weight is 430 g/mol. The molecule has 0 spiro atoms. The van der Waals surface area contributed by atoms with Crippen LogP contribution in [0.5, 0.6) is 0 Å². The van der Waals surface area contributed by atoms with Crippen LogP contribution in [-0.4, -0.2) is 46.7 Å². The van der Waals surface area contributed by atoms with Gasteiger partial charge in [0.05, 0.1) is 43.8 Å². The fraction of sp³-hybridized carbons (Fsp3) is 0.400. The molecule has 3 aromatic heterocycles. The first kappa shape index (κ1) is 20.3.